The minimum Gasteiger partial charge on any atom is -0.489 e. The maximum absolute atomic E-state index is 12.4. The molecule has 1 aliphatic rings. The standard InChI is InChI=1S/C16H21NO4/c1-9-10(2)21-14-11(9)6-5-7-12(14)15(20)17-16(3,4)8-13(18)19/h5-7,9-10H,8H2,1-4H3,(H,17,20)(H,18,19). The summed E-state index contributed by atoms with van der Waals surface area (Å²) in [5.41, 5.74) is 0.662. The van der Waals surface area contributed by atoms with Crippen LogP contribution >= 0.6 is 0 Å². The zero-order chi connectivity index (χ0) is 15.8. The van der Waals surface area contributed by atoms with Crippen molar-refractivity contribution in [2.45, 2.75) is 51.7 Å². The highest BCUT2D eigenvalue weighted by Gasteiger charge is 2.32. The van der Waals surface area contributed by atoms with Crippen LogP contribution in [0.2, 0.25) is 0 Å². The normalized spacial score (nSPS) is 20.6. The number of fused-ring (bicyclic) bond motifs is 1. The van der Waals surface area contributed by atoms with E-state index in [1.165, 1.54) is 0 Å². The van der Waals surface area contributed by atoms with Crippen LogP contribution in [0.5, 0.6) is 5.75 Å². The fourth-order valence-corrected chi connectivity index (χ4v) is 2.56. The van der Waals surface area contributed by atoms with Crippen molar-refractivity contribution in [3.05, 3.63) is 29.3 Å². The summed E-state index contributed by atoms with van der Waals surface area (Å²) in [5.74, 6) is -0.405. The first-order valence-electron chi connectivity index (χ1n) is 7.05. The van der Waals surface area contributed by atoms with Crippen LogP contribution in [-0.4, -0.2) is 28.6 Å². The monoisotopic (exact) mass is 291 g/mol. The number of nitrogens with one attached hydrogen (secondary N) is 1. The van der Waals surface area contributed by atoms with Crippen molar-refractivity contribution in [1.82, 2.24) is 5.32 Å². The van der Waals surface area contributed by atoms with Gasteiger partial charge in [0.1, 0.15) is 11.9 Å². The predicted molar refractivity (Wildman–Crippen MR) is 78.7 cm³/mol. The first-order valence-corrected chi connectivity index (χ1v) is 7.05. The molecule has 114 valence electrons. The summed E-state index contributed by atoms with van der Waals surface area (Å²) in [7, 11) is 0. The van der Waals surface area contributed by atoms with Crippen LogP contribution < -0.4 is 10.1 Å². The molecule has 5 heteroatoms. The van der Waals surface area contributed by atoms with Crippen molar-refractivity contribution >= 4 is 11.9 Å². The third-order valence-electron chi connectivity index (χ3n) is 3.83. The highest BCUT2D eigenvalue weighted by Crippen LogP contribution is 2.40. The van der Waals surface area contributed by atoms with Crippen LogP contribution in [0.4, 0.5) is 0 Å². The number of para-hydroxylation sites is 1. The fraction of sp³-hybridized carbons (Fsp3) is 0.500. The molecular formula is C16H21NO4. The van der Waals surface area contributed by atoms with Crippen LogP contribution in [0.1, 0.15) is 56.0 Å². The zero-order valence-electron chi connectivity index (χ0n) is 12.8. The molecule has 0 saturated heterocycles. The summed E-state index contributed by atoms with van der Waals surface area (Å²) in [4.78, 5) is 23.3. The van der Waals surface area contributed by atoms with Crippen molar-refractivity contribution in [3.8, 4) is 5.75 Å². The number of amides is 1. The van der Waals surface area contributed by atoms with Gasteiger partial charge in [-0.3, -0.25) is 9.59 Å². The van der Waals surface area contributed by atoms with Gasteiger partial charge in [0.15, 0.2) is 0 Å². The van der Waals surface area contributed by atoms with E-state index in [0.29, 0.717) is 11.3 Å². The molecule has 2 atom stereocenters. The van der Waals surface area contributed by atoms with Crippen molar-refractivity contribution in [2.75, 3.05) is 0 Å². The summed E-state index contributed by atoms with van der Waals surface area (Å²) in [6.07, 6.45) is -0.109. The molecule has 0 radical (unpaired) electrons. The molecule has 21 heavy (non-hydrogen) atoms. The molecule has 2 unspecified atom stereocenters. The number of ether oxygens (including phenoxy) is 1. The zero-order valence-corrected chi connectivity index (χ0v) is 12.8. The van der Waals surface area contributed by atoms with Gasteiger partial charge >= 0.3 is 5.97 Å². The van der Waals surface area contributed by atoms with Gasteiger partial charge < -0.3 is 15.2 Å². The SMILES string of the molecule is CC1Oc2c(C(=O)NC(C)(C)CC(=O)O)cccc2C1C. The Labute approximate surface area is 124 Å². The van der Waals surface area contributed by atoms with E-state index in [4.69, 9.17) is 9.84 Å². The van der Waals surface area contributed by atoms with Gasteiger partial charge in [0, 0.05) is 17.0 Å². The summed E-state index contributed by atoms with van der Waals surface area (Å²) >= 11 is 0. The van der Waals surface area contributed by atoms with Crippen LogP contribution in [0.15, 0.2) is 18.2 Å². The number of benzene rings is 1. The van der Waals surface area contributed by atoms with Crippen molar-refractivity contribution < 1.29 is 19.4 Å². The van der Waals surface area contributed by atoms with Crippen LogP contribution in [0, 0.1) is 0 Å². The molecule has 1 aliphatic heterocycles. The van der Waals surface area contributed by atoms with Gasteiger partial charge in [-0.25, -0.2) is 0 Å². The molecule has 0 aromatic heterocycles. The Balaban J connectivity index is 2.24. The smallest absolute Gasteiger partial charge is 0.305 e. The molecule has 1 amide bonds. The van der Waals surface area contributed by atoms with E-state index in [1.807, 2.05) is 19.1 Å². The number of rotatable bonds is 4. The molecule has 1 heterocycles. The van der Waals surface area contributed by atoms with Crippen molar-refractivity contribution in [2.24, 2.45) is 0 Å². The topological polar surface area (TPSA) is 75.6 Å². The van der Waals surface area contributed by atoms with Gasteiger partial charge in [0.05, 0.1) is 12.0 Å². The molecule has 0 fully saturated rings. The largest absolute Gasteiger partial charge is 0.489 e. The fourth-order valence-electron chi connectivity index (χ4n) is 2.56. The highest BCUT2D eigenvalue weighted by molar-refractivity contribution is 5.98. The molecule has 1 aromatic rings. The summed E-state index contributed by atoms with van der Waals surface area (Å²) in [5, 5.41) is 11.6. The molecule has 5 nitrogen and oxygen atoms in total. The van der Waals surface area contributed by atoms with E-state index >= 15 is 0 Å². The van der Waals surface area contributed by atoms with Crippen molar-refractivity contribution in [3.63, 3.8) is 0 Å². The summed E-state index contributed by atoms with van der Waals surface area (Å²) < 4.78 is 5.79. The Bertz CT molecular complexity index is 580. The third-order valence-corrected chi connectivity index (χ3v) is 3.83. The Morgan fingerprint density at radius 2 is 2.00 bits per heavy atom. The number of carbonyl (C=O) groups excluding carboxylic acids is 1. The second-order valence-corrected chi connectivity index (χ2v) is 6.24. The Morgan fingerprint density at radius 3 is 2.62 bits per heavy atom. The Hall–Kier alpha value is -2.04. The Kier molecular flexibility index (Phi) is 3.94. The average Bonchev–Trinajstić information content (AvgIpc) is 2.63. The molecule has 2 rings (SSSR count). The summed E-state index contributed by atoms with van der Waals surface area (Å²) in [6.45, 7) is 7.41. The maximum atomic E-state index is 12.4. The quantitative estimate of drug-likeness (QED) is 0.894. The Morgan fingerprint density at radius 1 is 1.33 bits per heavy atom. The van der Waals surface area contributed by atoms with E-state index in [-0.39, 0.29) is 24.3 Å². The number of aliphatic carboxylic acids is 1. The van der Waals surface area contributed by atoms with Crippen LogP contribution in [0.25, 0.3) is 0 Å². The van der Waals surface area contributed by atoms with E-state index in [0.717, 1.165) is 5.56 Å². The van der Waals surface area contributed by atoms with Gasteiger partial charge in [-0.2, -0.15) is 0 Å². The molecule has 0 spiro atoms. The molecule has 0 bridgehead atoms. The van der Waals surface area contributed by atoms with Gasteiger partial charge in [-0.05, 0) is 26.8 Å². The van der Waals surface area contributed by atoms with Crippen LogP contribution in [-0.2, 0) is 4.79 Å². The van der Waals surface area contributed by atoms with Crippen LogP contribution in [0.3, 0.4) is 0 Å². The summed E-state index contributed by atoms with van der Waals surface area (Å²) in [6, 6.07) is 5.49. The predicted octanol–water partition coefficient (Wildman–Crippen LogP) is 2.55. The van der Waals surface area contributed by atoms with Gasteiger partial charge in [0.25, 0.3) is 5.91 Å². The molecule has 0 aliphatic carbocycles. The maximum Gasteiger partial charge on any atom is 0.305 e. The first kappa shape index (κ1) is 15.4. The van der Waals surface area contributed by atoms with Gasteiger partial charge in [-0.1, -0.05) is 19.1 Å². The minimum atomic E-state index is -0.947. The molecular weight excluding hydrogens is 270 g/mol. The number of hydrogen-bond acceptors (Lipinski definition) is 3. The molecule has 1 aromatic carbocycles. The van der Waals surface area contributed by atoms with Gasteiger partial charge in [-0.15, -0.1) is 0 Å². The van der Waals surface area contributed by atoms with E-state index < -0.39 is 11.5 Å². The van der Waals surface area contributed by atoms with E-state index in [1.54, 1.807) is 19.9 Å². The number of hydrogen-bond donors (Lipinski definition) is 2. The first-order chi connectivity index (χ1) is 9.71. The number of carboxylic acids is 1. The number of carbonyl (C=O) groups is 2. The average molecular weight is 291 g/mol. The lowest BCUT2D eigenvalue weighted by atomic mass is 9.96. The van der Waals surface area contributed by atoms with E-state index in [2.05, 4.69) is 12.2 Å². The lowest BCUT2D eigenvalue weighted by Gasteiger charge is -2.24. The third kappa shape index (κ3) is 3.17. The second-order valence-electron chi connectivity index (χ2n) is 6.24. The number of carboxylic acid groups (broad SMARTS) is 1. The minimum absolute atomic E-state index is 0.0287. The van der Waals surface area contributed by atoms with Crippen molar-refractivity contribution in [1.29, 1.82) is 0 Å². The lowest BCUT2D eigenvalue weighted by Crippen LogP contribution is -2.45. The second kappa shape index (κ2) is 5.39. The van der Waals surface area contributed by atoms with Gasteiger partial charge in [0.2, 0.25) is 0 Å². The highest BCUT2D eigenvalue weighted by atomic mass is 16.5. The molecule has 2 N–H and O–H groups in total. The van der Waals surface area contributed by atoms with E-state index in [9.17, 15) is 9.59 Å². The molecule has 0 saturated carbocycles. The lowest BCUT2D eigenvalue weighted by molar-refractivity contribution is -0.138.